The maximum Gasteiger partial charge on any atom is 0.410 e. The number of nitrogens with zero attached hydrogens (tertiary/aromatic N) is 1. The van der Waals surface area contributed by atoms with E-state index in [9.17, 15) is 14.7 Å². The maximum atomic E-state index is 12.4. The van der Waals surface area contributed by atoms with Crippen LogP contribution in [0.25, 0.3) is 10.8 Å². The lowest BCUT2D eigenvalue weighted by Crippen LogP contribution is -2.48. The molecule has 5 heteroatoms. The number of rotatable bonds is 3. The lowest BCUT2D eigenvalue weighted by atomic mass is 9.95. The summed E-state index contributed by atoms with van der Waals surface area (Å²) in [5.74, 6) is -1.16. The van der Waals surface area contributed by atoms with E-state index in [1.165, 1.54) is 10.3 Å². The summed E-state index contributed by atoms with van der Waals surface area (Å²) in [4.78, 5) is 25.2. The van der Waals surface area contributed by atoms with Crippen LogP contribution in [0.5, 0.6) is 0 Å². The smallest absolute Gasteiger partial charge is 0.410 e. The lowest BCUT2D eigenvalue weighted by molar-refractivity contribution is -0.310. The van der Waals surface area contributed by atoms with Gasteiger partial charge in [0.05, 0.1) is 12.0 Å². The average molecular weight is 354 g/mol. The van der Waals surface area contributed by atoms with Gasteiger partial charge in [-0.15, -0.1) is 0 Å². The Morgan fingerprint density at radius 3 is 2.50 bits per heavy atom. The Bertz CT molecular complexity index is 824. The summed E-state index contributed by atoms with van der Waals surface area (Å²) in [5.41, 5.74) is 0.473. The van der Waals surface area contributed by atoms with E-state index in [1.807, 2.05) is 12.1 Å². The Kier molecular flexibility index (Phi) is 4.90. The third kappa shape index (κ3) is 4.15. The maximum absolute atomic E-state index is 12.4. The van der Waals surface area contributed by atoms with Crippen molar-refractivity contribution in [3.63, 3.8) is 0 Å². The molecule has 0 N–H and O–H groups in total. The second kappa shape index (κ2) is 6.98. The molecule has 1 fully saturated rings. The second-order valence-corrected chi connectivity index (χ2v) is 7.95. The van der Waals surface area contributed by atoms with Gasteiger partial charge in [-0.25, -0.2) is 4.79 Å². The molecule has 138 valence electrons. The molecule has 0 spiro atoms. The summed E-state index contributed by atoms with van der Waals surface area (Å²) in [6.07, 6.45) is 0.509. The number of fused-ring (bicyclic) bond motifs is 1. The van der Waals surface area contributed by atoms with Gasteiger partial charge in [-0.05, 0) is 55.9 Å². The van der Waals surface area contributed by atoms with E-state index in [0.717, 1.165) is 10.9 Å². The molecule has 0 aromatic heterocycles. The zero-order valence-electron chi connectivity index (χ0n) is 15.4. The number of carboxylic acids is 1. The van der Waals surface area contributed by atoms with E-state index in [0.29, 0.717) is 19.4 Å². The fourth-order valence-electron chi connectivity index (χ4n) is 3.52. The molecule has 1 saturated heterocycles. The molecular formula is C21H24NO4-. The van der Waals surface area contributed by atoms with Crippen molar-refractivity contribution in [2.45, 2.75) is 45.3 Å². The summed E-state index contributed by atoms with van der Waals surface area (Å²) >= 11 is 0. The van der Waals surface area contributed by atoms with E-state index in [2.05, 4.69) is 30.3 Å². The van der Waals surface area contributed by atoms with Gasteiger partial charge < -0.3 is 14.6 Å². The summed E-state index contributed by atoms with van der Waals surface area (Å²) in [7, 11) is 0. The SMILES string of the molecule is CC(C)(C)OC(=O)N1C[C@H](Cc2ccc3ccccc3c2)C[C@H]1C(=O)[O-]. The molecule has 26 heavy (non-hydrogen) atoms. The molecule has 1 aliphatic rings. The van der Waals surface area contributed by atoms with Crippen LogP contribution < -0.4 is 5.11 Å². The van der Waals surface area contributed by atoms with Gasteiger partial charge in [0.1, 0.15) is 5.60 Å². The Labute approximate surface area is 153 Å². The van der Waals surface area contributed by atoms with Crippen LogP contribution >= 0.6 is 0 Å². The highest BCUT2D eigenvalue weighted by atomic mass is 16.6. The fraction of sp³-hybridized carbons (Fsp3) is 0.429. The predicted molar refractivity (Wildman–Crippen MR) is 97.5 cm³/mol. The zero-order valence-corrected chi connectivity index (χ0v) is 15.4. The minimum absolute atomic E-state index is 0.0616. The molecule has 0 radical (unpaired) electrons. The number of benzene rings is 2. The molecule has 0 unspecified atom stereocenters. The molecule has 3 rings (SSSR count). The van der Waals surface area contributed by atoms with E-state index in [1.54, 1.807) is 20.8 Å². The molecule has 0 bridgehead atoms. The second-order valence-electron chi connectivity index (χ2n) is 7.95. The Morgan fingerprint density at radius 2 is 1.85 bits per heavy atom. The van der Waals surface area contributed by atoms with Crippen LogP contribution in [0.15, 0.2) is 42.5 Å². The first kappa shape index (κ1) is 18.2. The van der Waals surface area contributed by atoms with Crippen molar-refractivity contribution in [3.05, 3.63) is 48.0 Å². The Hall–Kier alpha value is -2.56. The van der Waals surface area contributed by atoms with Crippen LogP contribution in [0.2, 0.25) is 0 Å². The van der Waals surface area contributed by atoms with E-state index in [4.69, 9.17) is 4.74 Å². The third-order valence-electron chi connectivity index (χ3n) is 4.63. The summed E-state index contributed by atoms with van der Waals surface area (Å²) in [6, 6.07) is 13.4. The minimum Gasteiger partial charge on any atom is -0.548 e. The number of carbonyl (C=O) groups is 2. The summed E-state index contributed by atoms with van der Waals surface area (Å²) < 4.78 is 5.35. The van der Waals surface area contributed by atoms with Gasteiger partial charge >= 0.3 is 6.09 Å². The van der Waals surface area contributed by atoms with Crippen LogP contribution in [-0.4, -0.2) is 35.2 Å². The number of carbonyl (C=O) groups excluding carboxylic acids is 2. The number of likely N-dealkylation sites (tertiary alicyclic amines) is 1. The largest absolute Gasteiger partial charge is 0.548 e. The highest BCUT2D eigenvalue weighted by molar-refractivity contribution is 5.83. The first-order valence-corrected chi connectivity index (χ1v) is 8.91. The van der Waals surface area contributed by atoms with Crippen LogP contribution in [-0.2, 0) is 16.0 Å². The van der Waals surface area contributed by atoms with Crippen LogP contribution in [0, 0.1) is 5.92 Å². The zero-order chi connectivity index (χ0) is 18.9. The van der Waals surface area contributed by atoms with Crippen molar-refractivity contribution in [1.29, 1.82) is 0 Å². The van der Waals surface area contributed by atoms with Gasteiger partial charge in [0.25, 0.3) is 0 Å². The summed E-state index contributed by atoms with van der Waals surface area (Å²) in [6.45, 7) is 5.66. The quantitative estimate of drug-likeness (QED) is 0.850. The Morgan fingerprint density at radius 1 is 1.15 bits per heavy atom. The van der Waals surface area contributed by atoms with Crippen molar-refractivity contribution in [2.75, 3.05) is 6.54 Å². The number of amides is 1. The molecule has 1 amide bonds. The van der Waals surface area contributed by atoms with E-state index in [-0.39, 0.29) is 5.92 Å². The number of carboxylic acid groups (broad SMARTS) is 1. The third-order valence-corrected chi connectivity index (χ3v) is 4.63. The van der Waals surface area contributed by atoms with Gasteiger partial charge in [-0.1, -0.05) is 42.5 Å². The number of hydrogen-bond acceptors (Lipinski definition) is 4. The molecule has 1 heterocycles. The molecule has 0 saturated carbocycles. The van der Waals surface area contributed by atoms with E-state index >= 15 is 0 Å². The molecule has 2 aromatic rings. The standard InChI is InChI=1S/C21H25NO4/c1-21(2,3)26-20(25)22-13-15(12-18(22)19(23)24)10-14-8-9-16-6-4-5-7-17(16)11-14/h4-9,11,15,18H,10,12-13H2,1-3H3,(H,23,24)/p-1/t15-,18+/m1/s1. The predicted octanol–water partition coefficient (Wildman–Crippen LogP) is 2.76. The van der Waals surface area contributed by atoms with Gasteiger partial charge in [-0.2, -0.15) is 0 Å². The van der Waals surface area contributed by atoms with Crippen LogP contribution in [0.3, 0.4) is 0 Å². The number of hydrogen-bond donors (Lipinski definition) is 0. The van der Waals surface area contributed by atoms with Crippen molar-refractivity contribution < 1.29 is 19.4 Å². The monoisotopic (exact) mass is 354 g/mol. The molecular weight excluding hydrogens is 330 g/mol. The highest BCUT2D eigenvalue weighted by Crippen LogP contribution is 2.29. The van der Waals surface area contributed by atoms with Gasteiger partial charge in [0.2, 0.25) is 0 Å². The topological polar surface area (TPSA) is 69.7 Å². The first-order chi connectivity index (χ1) is 12.2. The molecule has 0 aliphatic carbocycles. The van der Waals surface area contributed by atoms with Gasteiger partial charge in [0, 0.05) is 6.54 Å². The molecule has 1 aliphatic heterocycles. The summed E-state index contributed by atoms with van der Waals surface area (Å²) in [5, 5.41) is 13.8. The van der Waals surface area contributed by atoms with Crippen LogP contribution in [0.1, 0.15) is 32.8 Å². The average Bonchev–Trinajstić information content (AvgIpc) is 2.97. The first-order valence-electron chi connectivity index (χ1n) is 8.91. The van der Waals surface area contributed by atoms with Crippen LogP contribution in [0.4, 0.5) is 4.79 Å². The lowest BCUT2D eigenvalue weighted by Gasteiger charge is -2.28. The normalized spacial score (nSPS) is 20.3. The molecule has 5 nitrogen and oxygen atoms in total. The van der Waals surface area contributed by atoms with Crippen molar-refractivity contribution in [3.8, 4) is 0 Å². The number of ether oxygens (including phenoxy) is 1. The molecule has 2 atom stereocenters. The van der Waals surface area contributed by atoms with E-state index < -0.39 is 23.7 Å². The highest BCUT2D eigenvalue weighted by Gasteiger charge is 2.38. The number of aliphatic carboxylic acids is 1. The van der Waals surface area contributed by atoms with Gasteiger partial charge in [-0.3, -0.25) is 4.90 Å². The Balaban J connectivity index is 1.74. The minimum atomic E-state index is -1.23. The fourth-order valence-corrected chi connectivity index (χ4v) is 3.52. The molecule has 2 aromatic carbocycles. The van der Waals surface area contributed by atoms with Crippen molar-refractivity contribution in [2.24, 2.45) is 5.92 Å². The van der Waals surface area contributed by atoms with Gasteiger partial charge in [0.15, 0.2) is 0 Å². The van der Waals surface area contributed by atoms with Crippen molar-refractivity contribution >= 4 is 22.8 Å². The van der Waals surface area contributed by atoms with Crippen molar-refractivity contribution in [1.82, 2.24) is 4.90 Å².